The first-order valence-electron chi connectivity index (χ1n) is 9.18. The lowest BCUT2D eigenvalue weighted by atomic mass is 10.2. The number of rotatable bonds is 8. The van der Waals surface area contributed by atoms with Crippen molar-refractivity contribution in [1.82, 2.24) is 10.2 Å². The number of carbonyl (C=O) groups excluding carboxylic acids is 1. The third-order valence-electron chi connectivity index (χ3n) is 4.36. The van der Waals surface area contributed by atoms with Crippen LogP contribution in [0.1, 0.15) is 5.56 Å². The Bertz CT molecular complexity index is 700. The standard InChI is InChI=1S/C21H26N2O4/c1-23(21(24)20-16-25-13-11-22-20)12-14-26-18-7-9-19(10-8-18)27-15-17-5-3-2-4-6-17/h2-10,20,22H,11-16H2,1H3. The molecule has 2 aromatic carbocycles. The lowest BCUT2D eigenvalue weighted by Crippen LogP contribution is -2.52. The highest BCUT2D eigenvalue weighted by Gasteiger charge is 2.23. The second-order valence-corrected chi connectivity index (χ2v) is 6.44. The zero-order chi connectivity index (χ0) is 18.9. The maximum Gasteiger partial charge on any atom is 0.241 e. The third kappa shape index (κ3) is 5.98. The summed E-state index contributed by atoms with van der Waals surface area (Å²) in [5.74, 6) is 1.58. The Kier molecular flexibility index (Phi) is 7.07. The minimum atomic E-state index is -0.259. The number of ether oxygens (including phenoxy) is 3. The van der Waals surface area contributed by atoms with Gasteiger partial charge in [0.2, 0.25) is 5.91 Å². The highest BCUT2D eigenvalue weighted by molar-refractivity contribution is 5.81. The van der Waals surface area contributed by atoms with Crippen LogP contribution in [-0.2, 0) is 16.1 Å². The third-order valence-corrected chi connectivity index (χ3v) is 4.36. The molecule has 0 saturated carbocycles. The summed E-state index contributed by atoms with van der Waals surface area (Å²) in [5, 5.41) is 3.17. The highest BCUT2D eigenvalue weighted by Crippen LogP contribution is 2.18. The van der Waals surface area contributed by atoms with Crippen LogP contribution in [0.25, 0.3) is 0 Å². The molecule has 6 heteroatoms. The highest BCUT2D eigenvalue weighted by atomic mass is 16.5. The number of morpholine rings is 1. The molecule has 1 saturated heterocycles. The van der Waals surface area contributed by atoms with E-state index in [-0.39, 0.29) is 11.9 Å². The molecule has 6 nitrogen and oxygen atoms in total. The second kappa shape index (κ2) is 9.94. The van der Waals surface area contributed by atoms with Crippen LogP contribution in [-0.4, -0.2) is 56.8 Å². The number of hydrogen-bond acceptors (Lipinski definition) is 5. The molecular formula is C21H26N2O4. The number of nitrogens with zero attached hydrogens (tertiary/aromatic N) is 1. The quantitative estimate of drug-likeness (QED) is 0.771. The number of benzene rings is 2. The predicted molar refractivity (Wildman–Crippen MR) is 103 cm³/mol. The number of hydrogen-bond donors (Lipinski definition) is 1. The molecule has 0 aromatic heterocycles. The summed E-state index contributed by atoms with van der Waals surface area (Å²) in [6.07, 6.45) is 0. The van der Waals surface area contributed by atoms with Crippen molar-refractivity contribution in [2.75, 3.05) is 40.0 Å². The van der Waals surface area contributed by atoms with E-state index in [1.54, 1.807) is 11.9 Å². The van der Waals surface area contributed by atoms with E-state index < -0.39 is 0 Å². The van der Waals surface area contributed by atoms with Crippen molar-refractivity contribution < 1.29 is 19.0 Å². The molecule has 0 bridgehead atoms. The summed E-state index contributed by atoms with van der Waals surface area (Å²) in [4.78, 5) is 14.0. The van der Waals surface area contributed by atoms with E-state index in [0.717, 1.165) is 17.1 Å². The van der Waals surface area contributed by atoms with Crippen molar-refractivity contribution >= 4 is 5.91 Å². The first kappa shape index (κ1) is 19.2. The van der Waals surface area contributed by atoms with E-state index >= 15 is 0 Å². The maximum atomic E-state index is 12.3. The molecule has 0 radical (unpaired) electrons. The van der Waals surface area contributed by atoms with Gasteiger partial charge in [-0.05, 0) is 29.8 Å². The van der Waals surface area contributed by atoms with Gasteiger partial charge >= 0.3 is 0 Å². The molecule has 3 rings (SSSR count). The van der Waals surface area contributed by atoms with Gasteiger partial charge in [-0.3, -0.25) is 4.79 Å². The van der Waals surface area contributed by atoms with Gasteiger partial charge in [0.1, 0.15) is 30.8 Å². The number of likely N-dealkylation sites (N-methyl/N-ethyl adjacent to an activating group) is 1. The topological polar surface area (TPSA) is 60.0 Å². The average Bonchev–Trinajstić information content (AvgIpc) is 2.74. The summed E-state index contributed by atoms with van der Waals surface area (Å²) in [5.41, 5.74) is 1.13. The monoisotopic (exact) mass is 370 g/mol. The number of carbonyl (C=O) groups is 1. The number of amides is 1. The van der Waals surface area contributed by atoms with Crippen molar-refractivity contribution in [3.63, 3.8) is 0 Å². The van der Waals surface area contributed by atoms with Crippen LogP contribution in [0, 0.1) is 0 Å². The molecule has 144 valence electrons. The average molecular weight is 370 g/mol. The minimum absolute atomic E-state index is 0.0305. The molecule has 2 aromatic rings. The molecule has 1 fully saturated rings. The summed E-state index contributed by atoms with van der Waals surface area (Å²) in [7, 11) is 1.78. The summed E-state index contributed by atoms with van der Waals surface area (Å²) in [6.45, 7) is 3.27. The molecule has 1 aliphatic rings. The molecule has 0 aliphatic carbocycles. The molecule has 1 heterocycles. The smallest absolute Gasteiger partial charge is 0.241 e. The van der Waals surface area contributed by atoms with E-state index in [2.05, 4.69) is 5.32 Å². The maximum absolute atomic E-state index is 12.3. The molecule has 1 aliphatic heterocycles. The molecular weight excluding hydrogens is 344 g/mol. The van der Waals surface area contributed by atoms with Gasteiger partial charge in [0, 0.05) is 13.6 Å². The van der Waals surface area contributed by atoms with E-state index in [1.807, 2.05) is 54.6 Å². The minimum Gasteiger partial charge on any atom is -0.492 e. The normalized spacial score (nSPS) is 16.6. The van der Waals surface area contributed by atoms with Gasteiger partial charge in [-0.25, -0.2) is 0 Å². The van der Waals surface area contributed by atoms with Gasteiger partial charge in [-0.15, -0.1) is 0 Å². The van der Waals surface area contributed by atoms with Crippen LogP contribution in [0.15, 0.2) is 54.6 Å². The first-order chi connectivity index (χ1) is 13.2. The van der Waals surface area contributed by atoms with Gasteiger partial charge in [-0.2, -0.15) is 0 Å². The van der Waals surface area contributed by atoms with Gasteiger partial charge in [0.15, 0.2) is 0 Å². The lowest BCUT2D eigenvalue weighted by molar-refractivity contribution is -0.135. The Morgan fingerprint density at radius 2 is 1.81 bits per heavy atom. The molecule has 1 amide bonds. The SMILES string of the molecule is CN(CCOc1ccc(OCc2ccccc2)cc1)C(=O)C1COCCN1. The van der Waals surface area contributed by atoms with Crippen LogP contribution >= 0.6 is 0 Å². The fraction of sp³-hybridized carbons (Fsp3) is 0.381. The van der Waals surface area contributed by atoms with Gasteiger partial charge in [-0.1, -0.05) is 30.3 Å². The van der Waals surface area contributed by atoms with Gasteiger partial charge in [0.05, 0.1) is 19.8 Å². The van der Waals surface area contributed by atoms with E-state index in [1.165, 1.54) is 0 Å². The molecule has 1 N–H and O–H groups in total. The Morgan fingerprint density at radius 3 is 2.48 bits per heavy atom. The van der Waals surface area contributed by atoms with Crippen LogP contribution in [0.3, 0.4) is 0 Å². The largest absolute Gasteiger partial charge is 0.492 e. The summed E-state index contributed by atoms with van der Waals surface area (Å²) in [6, 6.07) is 17.3. The van der Waals surface area contributed by atoms with Crippen molar-refractivity contribution in [1.29, 1.82) is 0 Å². The fourth-order valence-corrected chi connectivity index (χ4v) is 2.77. The zero-order valence-electron chi connectivity index (χ0n) is 15.6. The fourth-order valence-electron chi connectivity index (χ4n) is 2.77. The van der Waals surface area contributed by atoms with Crippen molar-refractivity contribution in [2.24, 2.45) is 0 Å². The predicted octanol–water partition coefficient (Wildman–Crippen LogP) is 2.09. The van der Waals surface area contributed by atoms with Crippen LogP contribution < -0.4 is 14.8 Å². The Balaban J connectivity index is 1.38. The Labute approximate surface area is 160 Å². The summed E-state index contributed by atoms with van der Waals surface area (Å²) >= 11 is 0. The van der Waals surface area contributed by atoms with Crippen LogP contribution in [0.5, 0.6) is 11.5 Å². The summed E-state index contributed by atoms with van der Waals surface area (Å²) < 4.78 is 16.8. The Hall–Kier alpha value is -2.57. The number of nitrogens with one attached hydrogen (secondary N) is 1. The molecule has 0 spiro atoms. The van der Waals surface area contributed by atoms with Crippen molar-refractivity contribution in [3.05, 3.63) is 60.2 Å². The molecule has 1 atom stereocenters. The van der Waals surface area contributed by atoms with E-state index in [0.29, 0.717) is 39.5 Å². The van der Waals surface area contributed by atoms with Gasteiger partial charge < -0.3 is 24.4 Å². The van der Waals surface area contributed by atoms with E-state index in [9.17, 15) is 4.79 Å². The van der Waals surface area contributed by atoms with E-state index in [4.69, 9.17) is 14.2 Å². The van der Waals surface area contributed by atoms with Crippen molar-refractivity contribution in [3.8, 4) is 11.5 Å². The zero-order valence-corrected chi connectivity index (χ0v) is 15.6. The molecule has 1 unspecified atom stereocenters. The first-order valence-corrected chi connectivity index (χ1v) is 9.18. The second-order valence-electron chi connectivity index (χ2n) is 6.44. The lowest BCUT2D eigenvalue weighted by Gasteiger charge is -2.27. The van der Waals surface area contributed by atoms with Crippen LogP contribution in [0.2, 0.25) is 0 Å². The van der Waals surface area contributed by atoms with Crippen LogP contribution in [0.4, 0.5) is 0 Å². The van der Waals surface area contributed by atoms with Crippen molar-refractivity contribution in [2.45, 2.75) is 12.6 Å². The Morgan fingerprint density at radius 1 is 1.11 bits per heavy atom. The molecule has 27 heavy (non-hydrogen) atoms. The van der Waals surface area contributed by atoms with Gasteiger partial charge in [0.25, 0.3) is 0 Å².